The first-order valence-corrected chi connectivity index (χ1v) is 7.65. The Kier molecular flexibility index (Phi) is 6.79. The van der Waals surface area contributed by atoms with Gasteiger partial charge in [0.25, 0.3) is 0 Å². The Labute approximate surface area is 126 Å². The average Bonchev–Trinajstić information content (AvgIpc) is 2.40. The molecule has 0 radical (unpaired) electrons. The van der Waals surface area contributed by atoms with Crippen LogP contribution in [0.3, 0.4) is 0 Å². The number of rotatable bonds is 3. The molecule has 0 aliphatic heterocycles. The smallest absolute Gasteiger partial charge is 0.302 e. The number of Topliss-reactive ketones (excluding diaryl/α,β-unsaturated/α-hetero) is 2. The molecule has 21 heavy (non-hydrogen) atoms. The molecule has 4 heteroatoms. The van der Waals surface area contributed by atoms with Gasteiger partial charge in [-0.15, -0.1) is 0 Å². The van der Waals surface area contributed by atoms with Gasteiger partial charge >= 0.3 is 5.97 Å². The molecule has 0 N–H and O–H groups in total. The van der Waals surface area contributed by atoms with E-state index in [1.54, 1.807) is 0 Å². The van der Waals surface area contributed by atoms with E-state index in [1.807, 2.05) is 20.8 Å². The summed E-state index contributed by atoms with van der Waals surface area (Å²) < 4.78 is 5.01. The minimum atomic E-state index is -0.360. The fraction of sp³-hybridized carbons (Fsp3) is 0.706. The first kappa shape index (κ1) is 17.6. The summed E-state index contributed by atoms with van der Waals surface area (Å²) in [5, 5.41) is 0. The van der Waals surface area contributed by atoms with Gasteiger partial charge in [0, 0.05) is 37.5 Å². The predicted octanol–water partition coefficient (Wildman–Crippen LogP) is 3.10. The maximum atomic E-state index is 12.4. The molecule has 0 aromatic carbocycles. The van der Waals surface area contributed by atoms with E-state index in [2.05, 4.69) is 6.08 Å². The van der Waals surface area contributed by atoms with E-state index in [4.69, 9.17) is 4.74 Å². The second-order valence-corrected chi connectivity index (χ2v) is 6.23. The van der Waals surface area contributed by atoms with Crippen LogP contribution in [0.4, 0.5) is 0 Å². The van der Waals surface area contributed by atoms with Gasteiger partial charge < -0.3 is 4.74 Å². The summed E-state index contributed by atoms with van der Waals surface area (Å²) in [6.07, 6.45) is 4.38. The minimum absolute atomic E-state index is 0.0247. The van der Waals surface area contributed by atoms with Crippen LogP contribution in [0.25, 0.3) is 0 Å². The molecule has 0 spiro atoms. The lowest BCUT2D eigenvalue weighted by Gasteiger charge is -2.24. The molecule has 1 aliphatic rings. The fourth-order valence-electron chi connectivity index (χ4n) is 2.63. The lowest BCUT2D eigenvalue weighted by Crippen LogP contribution is -2.30. The van der Waals surface area contributed by atoms with Gasteiger partial charge in [0.05, 0.1) is 6.61 Å². The molecule has 4 nitrogen and oxygen atoms in total. The molecule has 0 heterocycles. The third-order valence-electron chi connectivity index (χ3n) is 4.17. The Hall–Kier alpha value is -1.45. The van der Waals surface area contributed by atoms with E-state index in [9.17, 15) is 14.4 Å². The van der Waals surface area contributed by atoms with Crippen molar-refractivity contribution in [2.24, 2.45) is 17.8 Å². The largest absolute Gasteiger partial charge is 0.466 e. The van der Waals surface area contributed by atoms with E-state index < -0.39 is 0 Å². The molecule has 0 saturated carbocycles. The van der Waals surface area contributed by atoms with E-state index >= 15 is 0 Å². The van der Waals surface area contributed by atoms with E-state index in [0.717, 1.165) is 18.4 Å². The topological polar surface area (TPSA) is 60.4 Å². The predicted molar refractivity (Wildman–Crippen MR) is 80.7 cm³/mol. The summed E-state index contributed by atoms with van der Waals surface area (Å²) in [5.74, 6) is -0.666. The molecule has 3 atom stereocenters. The van der Waals surface area contributed by atoms with Gasteiger partial charge in [0.2, 0.25) is 0 Å². The van der Waals surface area contributed by atoms with Crippen LogP contribution >= 0.6 is 0 Å². The SMILES string of the molecule is CC(=O)OCC(C)[C@H]1CC(=O)[C@@H](C)CC/C=C(\C)CC1=O. The number of esters is 1. The van der Waals surface area contributed by atoms with Crippen LogP contribution in [0.5, 0.6) is 0 Å². The summed E-state index contributed by atoms with van der Waals surface area (Å²) >= 11 is 0. The summed E-state index contributed by atoms with van der Waals surface area (Å²) in [6, 6.07) is 0. The van der Waals surface area contributed by atoms with Crippen LogP contribution in [-0.2, 0) is 19.1 Å². The number of hydrogen-bond donors (Lipinski definition) is 0. The molecular formula is C17H26O4. The molecular weight excluding hydrogens is 268 g/mol. The maximum Gasteiger partial charge on any atom is 0.302 e. The first-order valence-electron chi connectivity index (χ1n) is 7.65. The molecule has 118 valence electrons. The van der Waals surface area contributed by atoms with E-state index in [1.165, 1.54) is 6.92 Å². The Morgan fingerprint density at radius 3 is 2.67 bits per heavy atom. The molecule has 0 aromatic heterocycles. The van der Waals surface area contributed by atoms with E-state index in [0.29, 0.717) is 6.42 Å². The number of carbonyl (C=O) groups is 3. The van der Waals surface area contributed by atoms with Crippen LogP contribution < -0.4 is 0 Å². The summed E-state index contributed by atoms with van der Waals surface area (Å²) in [6.45, 7) is 7.29. The van der Waals surface area contributed by atoms with Crippen molar-refractivity contribution in [2.75, 3.05) is 6.61 Å². The van der Waals surface area contributed by atoms with Gasteiger partial charge in [0.15, 0.2) is 0 Å². The zero-order valence-electron chi connectivity index (χ0n) is 13.5. The fourth-order valence-corrected chi connectivity index (χ4v) is 2.63. The molecule has 1 unspecified atom stereocenters. The third-order valence-corrected chi connectivity index (χ3v) is 4.17. The number of allylic oxidation sites excluding steroid dienone is 2. The second kappa shape index (κ2) is 8.11. The van der Waals surface area contributed by atoms with Gasteiger partial charge in [-0.3, -0.25) is 14.4 Å². The molecule has 0 bridgehead atoms. The highest BCUT2D eigenvalue weighted by atomic mass is 16.5. The standard InChI is InChI=1S/C17H26O4/c1-11-6-5-7-12(2)16(19)9-15(17(20)8-11)13(3)10-21-14(4)18/h6,12-13,15H,5,7-10H2,1-4H3/b11-6+/t12-,13?,15+/m0/s1. The lowest BCUT2D eigenvalue weighted by molar-refractivity contribution is -0.144. The normalized spacial score (nSPS) is 28.5. The molecule has 1 aliphatic carbocycles. The number of hydrogen-bond acceptors (Lipinski definition) is 4. The molecule has 0 fully saturated rings. The summed E-state index contributed by atoms with van der Waals surface area (Å²) in [5.41, 5.74) is 1.06. The van der Waals surface area contributed by atoms with Crippen molar-refractivity contribution in [3.63, 3.8) is 0 Å². The van der Waals surface area contributed by atoms with E-state index in [-0.39, 0.29) is 48.3 Å². The molecule has 0 saturated heterocycles. The number of ketones is 2. The highest BCUT2D eigenvalue weighted by molar-refractivity contribution is 5.90. The summed E-state index contributed by atoms with van der Waals surface area (Å²) in [4.78, 5) is 35.6. The second-order valence-electron chi connectivity index (χ2n) is 6.23. The van der Waals surface area contributed by atoms with Crippen molar-refractivity contribution < 1.29 is 19.1 Å². The van der Waals surface area contributed by atoms with Gasteiger partial charge in [-0.2, -0.15) is 0 Å². The lowest BCUT2D eigenvalue weighted by atomic mass is 9.80. The van der Waals surface area contributed by atoms with Crippen LogP contribution in [0, 0.1) is 17.8 Å². The minimum Gasteiger partial charge on any atom is -0.466 e. The Balaban J connectivity index is 2.86. The highest BCUT2D eigenvalue weighted by Crippen LogP contribution is 2.26. The van der Waals surface area contributed by atoms with Crippen molar-refractivity contribution in [2.45, 2.75) is 53.4 Å². The third kappa shape index (κ3) is 5.82. The van der Waals surface area contributed by atoms with Crippen molar-refractivity contribution in [3.05, 3.63) is 11.6 Å². The van der Waals surface area contributed by atoms with Crippen molar-refractivity contribution in [3.8, 4) is 0 Å². The number of carbonyl (C=O) groups excluding carboxylic acids is 3. The van der Waals surface area contributed by atoms with Gasteiger partial charge in [0.1, 0.15) is 11.6 Å². The van der Waals surface area contributed by atoms with Crippen LogP contribution in [0.1, 0.15) is 53.4 Å². The Morgan fingerprint density at radius 1 is 1.38 bits per heavy atom. The van der Waals surface area contributed by atoms with Crippen LogP contribution in [-0.4, -0.2) is 24.1 Å². The first-order chi connectivity index (χ1) is 9.81. The molecule has 1 rings (SSSR count). The maximum absolute atomic E-state index is 12.4. The monoisotopic (exact) mass is 294 g/mol. The Morgan fingerprint density at radius 2 is 2.05 bits per heavy atom. The zero-order valence-corrected chi connectivity index (χ0v) is 13.5. The van der Waals surface area contributed by atoms with Gasteiger partial charge in [-0.05, 0) is 19.8 Å². The van der Waals surface area contributed by atoms with Crippen molar-refractivity contribution >= 4 is 17.5 Å². The van der Waals surface area contributed by atoms with Crippen molar-refractivity contribution in [1.29, 1.82) is 0 Å². The van der Waals surface area contributed by atoms with Gasteiger partial charge in [-0.1, -0.05) is 25.5 Å². The van der Waals surface area contributed by atoms with Crippen LogP contribution in [0.15, 0.2) is 11.6 Å². The zero-order chi connectivity index (χ0) is 16.0. The molecule has 0 amide bonds. The average molecular weight is 294 g/mol. The Bertz CT molecular complexity index is 436. The molecule has 0 aromatic rings. The van der Waals surface area contributed by atoms with Crippen molar-refractivity contribution in [1.82, 2.24) is 0 Å². The number of ether oxygens (including phenoxy) is 1. The highest BCUT2D eigenvalue weighted by Gasteiger charge is 2.30. The van der Waals surface area contributed by atoms with Crippen LogP contribution in [0.2, 0.25) is 0 Å². The quantitative estimate of drug-likeness (QED) is 0.593. The van der Waals surface area contributed by atoms with Gasteiger partial charge in [-0.25, -0.2) is 0 Å². The summed E-state index contributed by atoms with van der Waals surface area (Å²) in [7, 11) is 0.